The van der Waals surface area contributed by atoms with E-state index in [0.717, 1.165) is 13.0 Å². The Balaban J connectivity index is 2.84. The van der Waals surface area contributed by atoms with Gasteiger partial charge in [-0.3, -0.25) is 4.79 Å². The van der Waals surface area contributed by atoms with E-state index >= 15 is 0 Å². The van der Waals surface area contributed by atoms with Crippen LogP contribution in [0, 0.1) is 5.92 Å². The largest absolute Gasteiger partial charge is 0.329 e. The first-order chi connectivity index (χ1) is 7.11. The number of Topliss-reactive ketones (excluding diaryl/α,β-unsaturated/α-hetero) is 1. The van der Waals surface area contributed by atoms with E-state index in [1.807, 2.05) is 25.3 Å². The number of hydrogen-bond acceptors (Lipinski definition) is 3. The summed E-state index contributed by atoms with van der Waals surface area (Å²) in [4.78, 5) is 16.0. The normalized spacial score (nSPS) is 14.9. The summed E-state index contributed by atoms with van der Waals surface area (Å²) in [5.41, 5.74) is 5.88. The molecule has 0 spiro atoms. The second-order valence-corrected chi connectivity index (χ2v) is 3.81. The molecular weight excluding hydrogens is 190 g/mol. The predicted octanol–water partition coefficient (Wildman–Crippen LogP) is 1.46. The first-order valence-electron chi connectivity index (χ1n) is 5.42. The van der Waals surface area contributed by atoms with Gasteiger partial charge in [0.25, 0.3) is 0 Å². The Bertz CT molecular complexity index is 332. The Hall–Kier alpha value is -1.16. The lowest BCUT2D eigenvalue weighted by Crippen LogP contribution is -2.38. The number of aromatic nitrogens is 2. The zero-order valence-electron chi connectivity index (χ0n) is 9.60. The van der Waals surface area contributed by atoms with Crippen LogP contribution in [0.3, 0.4) is 0 Å². The molecule has 2 atom stereocenters. The molecule has 0 aliphatic carbocycles. The molecule has 0 saturated heterocycles. The van der Waals surface area contributed by atoms with Crippen LogP contribution in [0.5, 0.6) is 0 Å². The molecule has 1 heterocycles. The maximum absolute atomic E-state index is 12.0. The standard InChI is InChI=1S/C11H19N3O/c1-4-8(3)9(12)10(15)11-13-6-7-14(11)5-2/h6-9H,4-5,12H2,1-3H3. The van der Waals surface area contributed by atoms with Crippen LogP contribution in [0.4, 0.5) is 0 Å². The van der Waals surface area contributed by atoms with Gasteiger partial charge in [-0.15, -0.1) is 0 Å². The molecule has 2 N–H and O–H groups in total. The quantitative estimate of drug-likeness (QED) is 0.747. The Morgan fingerprint density at radius 2 is 2.27 bits per heavy atom. The van der Waals surface area contributed by atoms with Crippen LogP contribution in [0.25, 0.3) is 0 Å². The van der Waals surface area contributed by atoms with E-state index < -0.39 is 6.04 Å². The third-order valence-corrected chi connectivity index (χ3v) is 2.84. The number of ketones is 1. The maximum Gasteiger partial charge on any atom is 0.215 e. The van der Waals surface area contributed by atoms with Gasteiger partial charge < -0.3 is 10.3 Å². The van der Waals surface area contributed by atoms with Crippen LogP contribution < -0.4 is 5.73 Å². The minimum Gasteiger partial charge on any atom is -0.329 e. The van der Waals surface area contributed by atoms with Crippen molar-refractivity contribution in [3.63, 3.8) is 0 Å². The van der Waals surface area contributed by atoms with Crippen LogP contribution in [0.1, 0.15) is 37.8 Å². The van der Waals surface area contributed by atoms with Gasteiger partial charge >= 0.3 is 0 Å². The molecule has 2 unspecified atom stereocenters. The van der Waals surface area contributed by atoms with E-state index in [1.165, 1.54) is 0 Å². The Morgan fingerprint density at radius 3 is 2.80 bits per heavy atom. The fourth-order valence-electron chi connectivity index (χ4n) is 1.45. The van der Waals surface area contributed by atoms with Gasteiger partial charge in [0.05, 0.1) is 6.04 Å². The minimum atomic E-state index is -0.442. The number of hydrogen-bond donors (Lipinski definition) is 1. The molecule has 0 fully saturated rings. The van der Waals surface area contributed by atoms with Crippen molar-refractivity contribution in [3.05, 3.63) is 18.2 Å². The van der Waals surface area contributed by atoms with Gasteiger partial charge in [-0.2, -0.15) is 0 Å². The molecule has 84 valence electrons. The van der Waals surface area contributed by atoms with E-state index in [2.05, 4.69) is 4.98 Å². The lowest BCUT2D eigenvalue weighted by molar-refractivity contribution is 0.0920. The van der Waals surface area contributed by atoms with Gasteiger partial charge in [0, 0.05) is 18.9 Å². The molecule has 0 bridgehead atoms. The molecule has 0 aliphatic heterocycles. The molecule has 4 heteroatoms. The highest BCUT2D eigenvalue weighted by Gasteiger charge is 2.23. The lowest BCUT2D eigenvalue weighted by atomic mass is 9.96. The number of rotatable bonds is 5. The van der Waals surface area contributed by atoms with Crippen molar-refractivity contribution in [2.24, 2.45) is 11.7 Å². The molecule has 1 aromatic heterocycles. The summed E-state index contributed by atoms with van der Waals surface area (Å²) < 4.78 is 1.82. The van der Waals surface area contributed by atoms with Gasteiger partial charge in [0.15, 0.2) is 5.82 Å². The highest BCUT2D eigenvalue weighted by molar-refractivity contribution is 5.97. The number of nitrogens with zero attached hydrogens (tertiary/aromatic N) is 2. The summed E-state index contributed by atoms with van der Waals surface area (Å²) in [6, 6.07) is -0.442. The van der Waals surface area contributed by atoms with Crippen molar-refractivity contribution in [2.45, 2.75) is 39.8 Å². The smallest absolute Gasteiger partial charge is 0.215 e. The summed E-state index contributed by atoms with van der Waals surface area (Å²) in [7, 11) is 0. The van der Waals surface area contributed by atoms with Crippen molar-refractivity contribution in [1.29, 1.82) is 0 Å². The summed E-state index contributed by atoms with van der Waals surface area (Å²) >= 11 is 0. The average molecular weight is 209 g/mol. The zero-order valence-corrected chi connectivity index (χ0v) is 9.60. The lowest BCUT2D eigenvalue weighted by Gasteiger charge is -2.16. The molecule has 1 aromatic rings. The number of carbonyl (C=O) groups is 1. The van der Waals surface area contributed by atoms with E-state index in [4.69, 9.17) is 5.73 Å². The van der Waals surface area contributed by atoms with E-state index in [0.29, 0.717) is 5.82 Å². The third kappa shape index (κ3) is 2.45. The van der Waals surface area contributed by atoms with Crippen molar-refractivity contribution >= 4 is 5.78 Å². The molecule has 1 rings (SSSR count). The number of aryl methyl sites for hydroxylation is 1. The maximum atomic E-state index is 12.0. The molecule has 0 amide bonds. The minimum absolute atomic E-state index is 0.0591. The van der Waals surface area contributed by atoms with Crippen LogP contribution >= 0.6 is 0 Å². The van der Waals surface area contributed by atoms with E-state index in [1.54, 1.807) is 12.4 Å². The molecule has 15 heavy (non-hydrogen) atoms. The van der Waals surface area contributed by atoms with Crippen LogP contribution in [0.15, 0.2) is 12.4 Å². The SMILES string of the molecule is CCC(C)C(N)C(=O)c1nccn1CC. The Labute approximate surface area is 90.5 Å². The van der Waals surface area contributed by atoms with Crippen LogP contribution in [-0.4, -0.2) is 21.4 Å². The molecule has 0 aromatic carbocycles. The second-order valence-electron chi connectivity index (χ2n) is 3.81. The van der Waals surface area contributed by atoms with Gasteiger partial charge in [-0.05, 0) is 12.8 Å². The second kappa shape index (κ2) is 5.07. The fourth-order valence-corrected chi connectivity index (χ4v) is 1.45. The van der Waals surface area contributed by atoms with Crippen molar-refractivity contribution in [1.82, 2.24) is 9.55 Å². The number of carbonyl (C=O) groups excluding carboxylic acids is 1. The highest BCUT2D eigenvalue weighted by Crippen LogP contribution is 2.10. The molecule has 0 aliphatic rings. The molecule has 0 saturated carbocycles. The van der Waals surface area contributed by atoms with Gasteiger partial charge in [-0.1, -0.05) is 20.3 Å². The van der Waals surface area contributed by atoms with Crippen LogP contribution in [-0.2, 0) is 6.54 Å². The topological polar surface area (TPSA) is 60.9 Å². The summed E-state index contributed by atoms with van der Waals surface area (Å²) in [6.07, 6.45) is 4.34. The number of imidazole rings is 1. The Morgan fingerprint density at radius 1 is 1.60 bits per heavy atom. The first kappa shape index (κ1) is 11.9. The van der Waals surface area contributed by atoms with Crippen LogP contribution in [0.2, 0.25) is 0 Å². The summed E-state index contributed by atoms with van der Waals surface area (Å²) in [5.74, 6) is 0.612. The summed E-state index contributed by atoms with van der Waals surface area (Å²) in [5, 5.41) is 0. The van der Waals surface area contributed by atoms with E-state index in [9.17, 15) is 4.79 Å². The number of nitrogens with two attached hydrogens (primary N) is 1. The van der Waals surface area contributed by atoms with Gasteiger partial charge in [0.1, 0.15) is 0 Å². The van der Waals surface area contributed by atoms with Gasteiger partial charge in [0.2, 0.25) is 5.78 Å². The highest BCUT2D eigenvalue weighted by atomic mass is 16.1. The van der Waals surface area contributed by atoms with E-state index in [-0.39, 0.29) is 11.7 Å². The first-order valence-corrected chi connectivity index (χ1v) is 5.42. The summed E-state index contributed by atoms with van der Waals surface area (Å²) in [6.45, 7) is 6.74. The monoisotopic (exact) mass is 209 g/mol. The molecule has 4 nitrogen and oxygen atoms in total. The Kier molecular flexibility index (Phi) is 4.03. The van der Waals surface area contributed by atoms with Crippen molar-refractivity contribution < 1.29 is 4.79 Å². The zero-order chi connectivity index (χ0) is 11.4. The molecular formula is C11H19N3O. The van der Waals surface area contributed by atoms with Gasteiger partial charge in [-0.25, -0.2) is 4.98 Å². The average Bonchev–Trinajstić information content (AvgIpc) is 2.73. The van der Waals surface area contributed by atoms with Crippen molar-refractivity contribution in [3.8, 4) is 0 Å². The molecule has 0 radical (unpaired) electrons. The fraction of sp³-hybridized carbons (Fsp3) is 0.636. The predicted molar refractivity (Wildman–Crippen MR) is 59.7 cm³/mol. The van der Waals surface area contributed by atoms with Crippen molar-refractivity contribution in [2.75, 3.05) is 0 Å². The third-order valence-electron chi connectivity index (χ3n) is 2.84.